The minimum absolute atomic E-state index is 0.0112. The highest BCUT2D eigenvalue weighted by Crippen LogP contribution is 2.31. The normalized spacial score (nSPS) is 14.5. The van der Waals surface area contributed by atoms with Crippen LogP contribution in [0.3, 0.4) is 0 Å². The molecule has 128 valence electrons. The van der Waals surface area contributed by atoms with Gasteiger partial charge in [0, 0.05) is 36.5 Å². The zero-order valence-corrected chi connectivity index (χ0v) is 15.5. The Morgan fingerprint density at radius 3 is 2.71 bits per heavy atom. The quantitative estimate of drug-likeness (QED) is 0.881. The van der Waals surface area contributed by atoms with Gasteiger partial charge in [-0.15, -0.1) is 11.3 Å². The first-order valence-electron chi connectivity index (χ1n) is 7.46. The third kappa shape index (κ3) is 3.80. The van der Waals surface area contributed by atoms with Gasteiger partial charge in [0.05, 0.1) is 0 Å². The fourth-order valence-electron chi connectivity index (χ4n) is 2.56. The highest BCUT2D eigenvalue weighted by molar-refractivity contribution is 7.91. The molecule has 0 spiro atoms. The monoisotopic (exact) mass is 384 g/mol. The lowest BCUT2D eigenvalue weighted by Crippen LogP contribution is -2.33. The van der Waals surface area contributed by atoms with E-state index in [4.69, 9.17) is 11.6 Å². The van der Waals surface area contributed by atoms with Crippen LogP contribution in [0.25, 0.3) is 0 Å². The number of thiophene rings is 1. The Hall–Kier alpha value is -1.41. The number of rotatable bonds is 4. The number of fused-ring (bicyclic) bond motifs is 1. The first kappa shape index (κ1) is 17.4. The number of carbonyl (C=O) groups is 1. The van der Waals surface area contributed by atoms with Gasteiger partial charge < -0.3 is 4.90 Å². The van der Waals surface area contributed by atoms with Gasteiger partial charge in [0.25, 0.3) is 0 Å². The van der Waals surface area contributed by atoms with Crippen molar-refractivity contribution in [1.29, 1.82) is 0 Å². The number of sulfonamides is 1. The summed E-state index contributed by atoms with van der Waals surface area (Å²) in [5.74, 6) is 0.0112. The fourth-order valence-corrected chi connectivity index (χ4v) is 5.29. The number of carbonyl (C=O) groups excluding carboxylic acids is 1. The SMILES string of the molecule is CC(=O)N1CCc2sc(S(=O)(=O)NCc3ccc(Cl)cc3)cc2C1. The van der Waals surface area contributed by atoms with E-state index in [0.29, 0.717) is 28.7 Å². The maximum absolute atomic E-state index is 12.5. The summed E-state index contributed by atoms with van der Waals surface area (Å²) in [6.45, 7) is 2.86. The minimum atomic E-state index is -3.57. The van der Waals surface area contributed by atoms with Crippen molar-refractivity contribution in [2.45, 2.75) is 30.6 Å². The third-order valence-electron chi connectivity index (χ3n) is 3.93. The Morgan fingerprint density at radius 1 is 1.33 bits per heavy atom. The van der Waals surface area contributed by atoms with E-state index in [2.05, 4.69) is 4.72 Å². The van der Waals surface area contributed by atoms with Gasteiger partial charge in [-0.1, -0.05) is 23.7 Å². The van der Waals surface area contributed by atoms with Crippen LogP contribution in [-0.2, 0) is 34.3 Å². The molecule has 3 rings (SSSR count). The average molecular weight is 385 g/mol. The predicted octanol–water partition coefficient (Wildman–Crippen LogP) is 2.78. The number of hydrogen-bond donors (Lipinski definition) is 1. The second-order valence-corrected chi connectivity index (χ2v) is 9.22. The molecule has 2 aromatic rings. The summed E-state index contributed by atoms with van der Waals surface area (Å²) >= 11 is 7.11. The molecule has 2 heterocycles. The topological polar surface area (TPSA) is 66.5 Å². The zero-order chi connectivity index (χ0) is 17.3. The molecule has 1 aromatic carbocycles. The molecule has 1 amide bonds. The summed E-state index contributed by atoms with van der Waals surface area (Å²) in [6, 6.07) is 8.71. The van der Waals surface area contributed by atoms with Crippen LogP contribution < -0.4 is 4.72 Å². The standard InChI is InChI=1S/C16H17ClN2O3S2/c1-11(20)19-7-6-15-13(10-19)8-16(23-15)24(21,22)18-9-12-2-4-14(17)5-3-12/h2-5,8,18H,6-7,9-10H2,1H3. The summed E-state index contributed by atoms with van der Waals surface area (Å²) in [6.07, 6.45) is 0.701. The van der Waals surface area contributed by atoms with E-state index in [1.54, 1.807) is 35.2 Å². The van der Waals surface area contributed by atoms with Crippen molar-refractivity contribution in [3.05, 3.63) is 51.4 Å². The molecule has 24 heavy (non-hydrogen) atoms. The molecule has 0 bridgehead atoms. The van der Waals surface area contributed by atoms with Crippen LogP contribution >= 0.6 is 22.9 Å². The van der Waals surface area contributed by atoms with E-state index in [0.717, 1.165) is 16.0 Å². The van der Waals surface area contributed by atoms with E-state index in [9.17, 15) is 13.2 Å². The van der Waals surface area contributed by atoms with Crippen LogP contribution in [0.2, 0.25) is 5.02 Å². The van der Waals surface area contributed by atoms with E-state index >= 15 is 0 Å². The van der Waals surface area contributed by atoms with Gasteiger partial charge in [0.2, 0.25) is 15.9 Å². The molecule has 0 saturated heterocycles. The van der Waals surface area contributed by atoms with Crippen molar-refractivity contribution in [3.8, 4) is 0 Å². The fraction of sp³-hybridized carbons (Fsp3) is 0.312. The molecule has 0 saturated carbocycles. The molecular formula is C16H17ClN2O3S2. The van der Waals surface area contributed by atoms with E-state index in [-0.39, 0.29) is 12.5 Å². The van der Waals surface area contributed by atoms with Gasteiger partial charge >= 0.3 is 0 Å². The lowest BCUT2D eigenvalue weighted by atomic mass is 10.1. The van der Waals surface area contributed by atoms with Crippen molar-refractivity contribution >= 4 is 38.9 Å². The lowest BCUT2D eigenvalue weighted by Gasteiger charge is -2.25. The molecule has 1 aromatic heterocycles. The lowest BCUT2D eigenvalue weighted by molar-refractivity contribution is -0.129. The van der Waals surface area contributed by atoms with Crippen molar-refractivity contribution in [2.24, 2.45) is 0 Å². The molecule has 5 nitrogen and oxygen atoms in total. The first-order chi connectivity index (χ1) is 11.3. The number of amides is 1. The molecule has 8 heteroatoms. The van der Waals surface area contributed by atoms with Gasteiger partial charge in [-0.05, 0) is 35.7 Å². The van der Waals surface area contributed by atoms with Crippen molar-refractivity contribution < 1.29 is 13.2 Å². The molecule has 0 unspecified atom stereocenters. The largest absolute Gasteiger partial charge is 0.338 e. The number of nitrogens with zero attached hydrogens (tertiary/aromatic N) is 1. The molecule has 1 aliphatic rings. The second kappa shape index (κ2) is 6.84. The van der Waals surface area contributed by atoms with Gasteiger partial charge in [-0.2, -0.15) is 0 Å². The number of halogens is 1. The van der Waals surface area contributed by atoms with E-state index in [1.165, 1.54) is 18.3 Å². The first-order valence-corrected chi connectivity index (χ1v) is 10.1. The summed E-state index contributed by atoms with van der Waals surface area (Å²) in [7, 11) is -3.57. The van der Waals surface area contributed by atoms with Gasteiger partial charge in [-0.3, -0.25) is 4.79 Å². The number of nitrogens with one attached hydrogen (secondary N) is 1. The van der Waals surface area contributed by atoms with Crippen LogP contribution in [0, 0.1) is 0 Å². The van der Waals surface area contributed by atoms with Crippen LogP contribution in [-0.4, -0.2) is 25.8 Å². The summed E-state index contributed by atoms with van der Waals surface area (Å²) in [5, 5.41) is 0.613. The zero-order valence-electron chi connectivity index (χ0n) is 13.1. The van der Waals surface area contributed by atoms with E-state index in [1.807, 2.05) is 0 Å². The number of hydrogen-bond acceptors (Lipinski definition) is 4. The van der Waals surface area contributed by atoms with Crippen molar-refractivity contribution in [1.82, 2.24) is 9.62 Å². The highest BCUT2D eigenvalue weighted by Gasteiger charge is 2.25. The Labute approximate surface area is 150 Å². The van der Waals surface area contributed by atoms with Crippen LogP contribution in [0.1, 0.15) is 22.9 Å². The smallest absolute Gasteiger partial charge is 0.250 e. The molecule has 0 aliphatic carbocycles. The Kier molecular flexibility index (Phi) is 4.96. The Morgan fingerprint density at radius 2 is 2.04 bits per heavy atom. The Balaban J connectivity index is 1.74. The molecule has 0 fully saturated rings. The average Bonchev–Trinajstić information content (AvgIpc) is 2.98. The molecular weight excluding hydrogens is 368 g/mol. The highest BCUT2D eigenvalue weighted by atomic mass is 35.5. The molecule has 1 aliphatic heterocycles. The van der Waals surface area contributed by atoms with Gasteiger partial charge in [0.1, 0.15) is 4.21 Å². The van der Waals surface area contributed by atoms with Gasteiger partial charge in [0.15, 0.2) is 0 Å². The second-order valence-electron chi connectivity index (χ2n) is 5.66. The molecule has 0 radical (unpaired) electrons. The van der Waals surface area contributed by atoms with Crippen LogP contribution in [0.5, 0.6) is 0 Å². The molecule has 0 atom stereocenters. The molecule has 1 N–H and O–H groups in total. The number of benzene rings is 1. The summed E-state index contributed by atoms with van der Waals surface area (Å²) in [4.78, 5) is 14.3. The summed E-state index contributed by atoms with van der Waals surface area (Å²) in [5.41, 5.74) is 1.76. The minimum Gasteiger partial charge on any atom is -0.338 e. The third-order valence-corrected chi connectivity index (χ3v) is 7.30. The predicted molar refractivity (Wildman–Crippen MR) is 94.6 cm³/mol. The van der Waals surface area contributed by atoms with Crippen molar-refractivity contribution in [3.63, 3.8) is 0 Å². The summed E-state index contributed by atoms with van der Waals surface area (Å²) < 4.78 is 27.9. The Bertz CT molecular complexity index is 860. The maximum atomic E-state index is 12.5. The van der Waals surface area contributed by atoms with Crippen LogP contribution in [0.15, 0.2) is 34.5 Å². The van der Waals surface area contributed by atoms with Crippen LogP contribution in [0.4, 0.5) is 0 Å². The van der Waals surface area contributed by atoms with E-state index < -0.39 is 10.0 Å². The van der Waals surface area contributed by atoms with Crippen molar-refractivity contribution in [2.75, 3.05) is 6.54 Å². The maximum Gasteiger partial charge on any atom is 0.250 e. The van der Waals surface area contributed by atoms with Gasteiger partial charge in [-0.25, -0.2) is 13.1 Å².